The van der Waals surface area contributed by atoms with E-state index < -0.39 is 5.97 Å². The summed E-state index contributed by atoms with van der Waals surface area (Å²) in [6.07, 6.45) is 3.73. The van der Waals surface area contributed by atoms with Gasteiger partial charge in [-0.1, -0.05) is 18.2 Å². The lowest BCUT2D eigenvalue weighted by Crippen LogP contribution is -2.43. The van der Waals surface area contributed by atoms with Crippen molar-refractivity contribution in [2.45, 2.75) is 4.90 Å². The summed E-state index contributed by atoms with van der Waals surface area (Å²) in [4.78, 5) is 24.6. The van der Waals surface area contributed by atoms with E-state index in [1.165, 1.54) is 0 Å². The number of para-hydroxylation sites is 1. The molecule has 0 saturated carbocycles. The van der Waals surface area contributed by atoms with E-state index in [0.29, 0.717) is 18.9 Å². The van der Waals surface area contributed by atoms with E-state index in [1.54, 1.807) is 30.1 Å². The van der Waals surface area contributed by atoms with Crippen molar-refractivity contribution in [3.8, 4) is 11.1 Å². The van der Waals surface area contributed by atoms with E-state index in [2.05, 4.69) is 43.0 Å². The molecular formula is C29H30N6O3S. The number of nitrogens with one attached hydrogen (secondary N) is 2. The second kappa shape index (κ2) is 11.6. The van der Waals surface area contributed by atoms with Gasteiger partial charge in [0, 0.05) is 57.0 Å². The van der Waals surface area contributed by atoms with E-state index in [0.717, 1.165) is 77.7 Å². The number of carboxylic acid groups (broad SMARTS) is 1. The Bertz CT molecular complexity index is 1490. The fraction of sp³-hybridized carbons (Fsp3) is 0.276. The molecule has 39 heavy (non-hydrogen) atoms. The molecule has 0 atom stereocenters. The molecule has 0 amide bonds. The quantitative estimate of drug-likeness (QED) is 0.290. The fourth-order valence-electron chi connectivity index (χ4n) is 4.91. The zero-order valence-electron chi connectivity index (χ0n) is 21.5. The van der Waals surface area contributed by atoms with Gasteiger partial charge in [-0.05, 0) is 59.5 Å². The number of fused-ring (bicyclic) bond motifs is 1. The lowest BCUT2D eigenvalue weighted by molar-refractivity contribution is 0.0698. The van der Waals surface area contributed by atoms with Crippen molar-refractivity contribution < 1.29 is 14.6 Å². The summed E-state index contributed by atoms with van der Waals surface area (Å²) >= 11 is 1.62. The van der Waals surface area contributed by atoms with Crippen molar-refractivity contribution >= 4 is 46.0 Å². The number of piperazine rings is 1. The summed E-state index contributed by atoms with van der Waals surface area (Å²) in [6, 6.07) is 17.4. The van der Waals surface area contributed by atoms with Crippen LogP contribution in [0.5, 0.6) is 0 Å². The molecule has 200 valence electrons. The molecule has 0 unspecified atom stereocenters. The largest absolute Gasteiger partial charge is 0.478 e. The molecule has 2 aliphatic rings. The minimum atomic E-state index is -0.975. The predicted octanol–water partition coefficient (Wildman–Crippen LogP) is 4.49. The molecule has 0 aliphatic carbocycles. The SMILES string of the molecule is O=C(O)c1ccccc1Nc1c(SN2CCOCC2)cnc2ccc(-c3ccnc(N4CCNCC4)c3)cc12. The minimum Gasteiger partial charge on any atom is -0.478 e. The molecular weight excluding hydrogens is 512 g/mol. The molecule has 2 saturated heterocycles. The number of carboxylic acids is 1. The Kier molecular flexibility index (Phi) is 7.60. The van der Waals surface area contributed by atoms with Crippen LogP contribution in [-0.4, -0.2) is 77.8 Å². The maximum atomic E-state index is 12.0. The topological polar surface area (TPSA) is 103 Å². The Balaban J connectivity index is 1.43. The van der Waals surface area contributed by atoms with Crippen molar-refractivity contribution in [3.63, 3.8) is 0 Å². The van der Waals surface area contributed by atoms with Crippen LogP contribution in [0.15, 0.2) is 71.9 Å². The molecule has 0 radical (unpaired) electrons. The zero-order valence-corrected chi connectivity index (χ0v) is 22.3. The predicted molar refractivity (Wildman–Crippen MR) is 155 cm³/mol. The van der Waals surface area contributed by atoms with E-state index in [-0.39, 0.29) is 5.56 Å². The van der Waals surface area contributed by atoms with Crippen LogP contribution in [-0.2, 0) is 4.74 Å². The number of pyridine rings is 2. The van der Waals surface area contributed by atoms with Gasteiger partial charge in [0.1, 0.15) is 5.82 Å². The third kappa shape index (κ3) is 5.69. The van der Waals surface area contributed by atoms with Crippen LogP contribution < -0.4 is 15.5 Å². The van der Waals surface area contributed by atoms with Crippen molar-refractivity contribution in [1.29, 1.82) is 0 Å². The van der Waals surface area contributed by atoms with Gasteiger partial charge in [-0.3, -0.25) is 4.98 Å². The Labute approximate surface area is 231 Å². The average Bonchev–Trinajstić information content (AvgIpc) is 2.99. The monoisotopic (exact) mass is 542 g/mol. The molecule has 2 aromatic heterocycles. The third-order valence-corrected chi connectivity index (χ3v) is 8.10. The van der Waals surface area contributed by atoms with Crippen LogP contribution in [0, 0.1) is 0 Å². The Morgan fingerprint density at radius 3 is 2.59 bits per heavy atom. The fourth-order valence-corrected chi connectivity index (χ4v) is 5.87. The van der Waals surface area contributed by atoms with Gasteiger partial charge in [-0.15, -0.1) is 0 Å². The highest BCUT2D eigenvalue weighted by molar-refractivity contribution is 7.97. The summed E-state index contributed by atoms with van der Waals surface area (Å²) in [5.41, 5.74) is 4.54. The van der Waals surface area contributed by atoms with Gasteiger partial charge in [0.05, 0.1) is 40.6 Å². The van der Waals surface area contributed by atoms with E-state index in [9.17, 15) is 9.90 Å². The number of hydrogen-bond donors (Lipinski definition) is 3. The maximum absolute atomic E-state index is 12.0. The van der Waals surface area contributed by atoms with Crippen molar-refractivity contribution in [2.75, 3.05) is 62.7 Å². The highest BCUT2D eigenvalue weighted by atomic mass is 32.2. The Morgan fingerprint density at radius 1 is 0.974 bits per heavy atom. The lowest BCUT2D eigenvalue weighted by atomic mass is 10.0. The lowest BCUT2D eigenvalue weighted by Gasteiger charge is -2.28. The summed E-state index contributed by atoms with van der Waals surface area (Å²) < 4.78 is 7.79. The first kappa shape index (κ1) is 25.6. The summed E-state index contributed by atoms with van der Waals surface area (Å²) in [6.45, 7) is 6.72. The van der Waals surface area contributed by atoms with Gasteiger partial charge in [0.2, 0.25) is 0 Å². The van der Waals surface area contributed by atoms with Gasteiger partial charge in [-0.2, -0.15) is 0 Å². The first-order valence-electron chi connectivity index (χ1n) is 13.1. The normalized spacial score (nSPS) is 16.4. The molecule has 4 aromatic rings. The highest BCUT2D eigenvalue weighted by Crippen LogP contribution is 2.39. The second-order valence-corrected chi connectivity index (χ2v) is 10.6. The molecule has 0 bridgehead atoms. The molecule has 9 nitrogen and oxygen atoms in total. The van der Waals surface area contributed by atoms with Gasteiger partial charge < -0.3 is 25.4 Å². The van der Waals surface area contributed by atoms with E-state index in [4.69, 9.17) is 9.72 Å². The molecule has 0 spiro atoms. The van der Waals surface area contributed by atoms with Gasteiger partial charge in [-0.25, -0.2) is 14.1 Å². The molecule has 4 heterocycles. The number of ether oxygens (including phenoxy) is 1. The molecule has 10 heteroatoms. The smallest absolute Gasteiger partial charge is 0.337 e. The summed E-state index contributed by atoms with van der Waals surface area (Å²) in [5, 5.41) is 17.6. The number of aromatic nitrogens is 2. The van der Waals surface area contributed by atoms with E-state index >= 15 is 0 Å². The molecule has 2 aromatic carbocycles. The van der Waals surface area contributed by atoms with Gasteiger partial charge in [0.15, 0.2) is 0 Å². The van der Waals surface area contributed by atoms with Crippen molar-refractivity contribution in [3.05, 3.63) is 72.6 Å². The molecule has 2 fully saturated rings. The van der Waals surface area contributed by atoms with Crippen LogP contribution >= 0.6 is 11.9 Å². The first-order chi connectivity index (χ1) is 19.2. The number of anilines is 3. The first-order valence-corrected chi connectivity index (χ1v) is 13.9. The molecule has 6 rings (SSSR count). The van der Waals surface area contributed by atoms with Gasteiger partial charge in [0.25, 0.3) is 0 Å². The van der Waals surface area contributed by atoms with Crippen LogP contribution in [0.4, 0.5) is 17.2 Å². The number of benzene rings is 2. The number of aromatic carboxylic acids is 1. The van der Waals surface area contributed by atoms with Crippen LogP contribution in [0.25, 0.3) is 22.0 Å². The maximum Gasteiger partial charge on any atom is 0.337 e. The summed E-state index contributed by atoms with van der Waals surface area (Å²) in [7, 11) is 0. The standard InChI is InChI=1S/C29H30N6O3S/c36-29(37)22-3-1-2-4-25(22)33-28-23-17-20(21-7-8-31-27(18-21)34-11-9-30-10-12-34)5-6-24(23)32-19-26(28)39-35-13-15-38-16-14-35/h1-8,17-19,30H,9-16H2,(H,32,33)(H,36,37). The van der Waals surface area contributed by atoms with Crippen LogP contribution in [0.3, 0.4) is 0 Å². The van der Waals surface area contributed by atoms with Crippen LogP contribution in [0.2, 0.25) is 0 Å². The molecule has 2 aliphatic heterocycles. The number of hydrogen-bond acceptors (Lipinski definition) is 9. The average molecular weight is 543 g/mol. The minimum absolute atomic E-state index is 0.218. The third-order valence-electron chi connectivity index (χ3n) is 6.97. The number of nitrogens with zero attached hydrogens (tertiary/aromatic N) is 4. The zero-order chi connectivity index (χ0) is 26.6. The highest BCUT2D eigenvalue weighted by Gasteiger charge is 2.19. The van der Waals surface area contributed by atoms with Crippen molar-refractivity contribution in [2.24, 2.45) is 0 Å². The number of morpholine rings is 1. The molecule has 3 N–H and O–H groups in total. The van der Waals surface area contributed by atoms with E-state index in [1.807, 2.05) is 30.6 Å². The Hall–Kier alpha value is -3.70. The summed E-state index contributed by atoms with van der Waals surface area (Å²) in [5.74, 6) is -0.00524. The number of carbonyl (C=O) groups is 1. The van der Waals surface area contributed by atoms with Crippen LogP contribution in [0.1, 0.15) is 10.4 Å². The Morgan fingerprint density at radius 2 is 1.77 bits per heavy atom. The number of rotatable bonds is 7. The second-order valence-electron chi connectivity index (χ2n) is 9.48. The van der Waals surface area contributed by atoms with Crippen molar-refractivity contribution in [1.82, 2.24) is 19.6 Å². The van der Waals surface area contributed by atoms with Gasteiger partial charge >= 0.3 is 5.97 Å².